The summed E-state index contributed by atoms with van der Waals surface area (Å²) >= 11 is 0. The largest absolute Gasteiger partial charge is 0.376 e. The zero-order valence-electron chi connectivity index (χ0n) is 18.4. The van der Waals surface area contributed by atoms with E-state index in [1.165, 1.54) is 5.56 Å². The molecule has 4 rings (SSSR count). The second-order valence-electron chi connectivity index (χ2n) is 8.24. The number of ether oxygens (including phenoxy) is 1. The molecule has 3 aromatic rings. The maximum absolute atomic E-state index is 13.2. The molecule has 1 amide bonds. The molecule has 2 aromatic heterocycles. The number of nitrogens with one attached hydrogen (secondary N) is 1. The first-order valence-electron chi connectivity index (χ1n) is 11.2. The highest BCUT2D eigenvalue weighted by molar-refractivity contribution is 5.95. The summed E-state index contributed by atoms with van der Waals surface area (Å²) in [4.78, 5) is 30.3. The quantitative estimate of drug-likeness (QED) is 0.594. The van der Waals surface area contributed by atoms with Gasteiger partial charge in [0.15, 0.2) is 5.43 Å². The van der Waals surface area contributed by atoms with Crippen molar-refractivity contribution in [3.05, 3.63) is 99.2 Å². The molecule has 1 aromatic carbocycles. The van der Waals surface area contributed by atoms with Crippen molar-refractivity contribution in [2.75, 3.05) is 13.2 Å². The average Bonchev–Trinajstić information content (AvgIpc) is 3.33. The van der Waals surface area contributed by atoms with Crippen molar-refractivity contribution in [1.29, 1.82) is 0 Å². The lowest BCUT2D eigenvalue weighted by molar-refractivity contribution is 0.0855. The second-order valence-corrected chi connectivity index (χ2v) is 8.24. The van der Waals surface area contributed by atoms with E-state index in [1.807, 2.05) is 37.3 Å². The molecular weight excluding hydrogens is 402 g/mol. The Morgan fingerprint density at radius 1 is 1.12 bits per heavy atom. The number of carbonyl (C=O) groups excluding carboxylic acids is 1. The van der Waals surface area contributed by atoms with Gasteiger partial charge < -0.3 is 14.6 Å². The Bertz CT molecular complexity index is 1100. The molecule has 3 heterocycles. The molecule has 0 unspecified atom stereocenters. The van der Waals surface area contributed by atoms with E-state index in [2.05, 4.69) is 27.0 Å². The first kappa shape index (κ1) is 22.0. The van der Waals surface area contributed by atoms with Gasteiger partial charge in [0.05, 0.1) is 6.10 Å². The summed E-state index contributed by atoms with van der Waals surface area (Å²) in [7, 11) is 0. The fourth-order valence-corrected chi connectivity index (χ4v) is 4.23. The summed E-state index contributed by atoms with van der Waals surface area (Å²) in [5, 5.41) is 2.94. The fraction of sp³-hybridized carbons (Fsp3) is 0.346. The van der Waals surface area contributed by atoms with Crippen LogP contribution in [-0.2, 0) is 24.1 Å². The topological polar surface area (TPSA) is 73.2 Å². The molecule has 1 aliphatic heterocycles. The van der Waals surface area contributed by atoms with Crippen LogP contribution in [-0.4, -0.2) is 34.7 Å². The number of nitrogens with zero attached hydrogens (tertiary/aromatic N) is 2. The van der Waals surface area contributed by atoms with Crippen molar-refractivity contribution in [3.63, 3.8) is 0 Å². The van der Waals surface area contributed by atoms with Gasteiger partial charge >= 0.3 is 0 Å². The first-order valence-corrected chi connectivity index (χ1v) is 11.2. The van der Waals surface area contributed by atoms with E-state index in [-0.39, 0.29) is 23.0 Å². The lowest BCUT2D eigenvalue weighted by Crippen LogP contribution is -2.37. The summed E-state index contributed by atoms with van der Waals surface area (Å²) in [5.74, 6) is -0.322. The van der Waals surface area contributed by atoms with Gasteiger partial charge in [0.1, 0.15) is 5.56 Å². The molecular formula is C26H29N3O3. The van der Waals surface area contributed by atoms with Crippen molar-refractivity contribution in [2.45, 2.75) is 45.3 Å². The van der Waals surface area contributed by atoms with Crippen LogP contribution in [0, 0.1) is 6.92 Å². The molecule has 0 radical (unpaired) electrons. The van der Waals surface area contributed by atoms with E-state index in [0.717, 1.165) is 42.8 Å². The minimum absolute atomic E-state index is 0.0243. The van der Waals surface area contributed by atoms with E-state index in [9.17, 15) is 9.59 Å². The third-order valence-electron chi connectivity index (χ3n) is 5.95. The van der Waals surface area contributed by atoms with Crippen molar-refractivity contribution in [3.8, 4) is 0 Å². The van der Waals surface area contributed by atoms with Crippen LogP contribution in [0.3, 0.4) is 0 Å². The number of rotatable bonds is 8. The molecule has 6 nitrogen and oxygen atoms in total. The van der Waals surface area contributed by atoms with Gasteiger partial charge in [-0.15, -0.1) is 0 Å². The van der Waals surface area contributed by atoms with Gasteiger partial charge in [0.25, 0.3) is 5.91 Å². The molecule has 166 valence electrons. The number of carbonyl (C=O) groups is 1. The number of amides is 1. The minimum atomic E-state index is -0.322. The Hall–Kier alpha value is -3.25. The lowest BCUT2D eigenvalue weighted by atomic mass is 10.0. The number of pyridine rings is 2. The van der Waals surface area contributed by atoms with Crippen molar-refractivity contribution >= 4 is 5.91 Å². The number of hydrogen-bond donors (Lipinski definition) is 1. The van der Waals surface area contributed by atoms with Gasteiger partial charge in [0, 0.05) is 49.5 Å². The van der Waals surface area contributed by atoms with E-state index in [1.54, 1.807) is 18.5 Å². The standard InChI is InChI=1S/C26H29N3O3/c1-19-16-24(30)25(26(31)28-17-22-8-5-15-32-22)23(10-9-20-6-3-2-4-7-20)29(19)18-21-11-13-27-14-12-21/h2-4,6-7,11-14,16,22H,5,8-10,15,17-18H2,1H3,(H,28,31)/t22-/m0/s1. The van der Waals surface area contributed by atoms with Crippen LogP contribution in [0.2, 0.25) is 0 Å². The third-order valence-corrected chi connectivity index (χ3v) is 5.95. The SMILES string of the molecule is Cc1cc(=O)c(C(=O)NC[C@@H]2CCCO2)c(CCc2ccccc2)n1Cc1ccncc1. The zero-order valence-corrected chi connectivity index (χ0v) is 18.4. The molecule has 0 aliphatic carbocycles. The number of hydrogen-bond acceptors (Lipinski definition) is 4. The van der Waals surface area contributed by atoms with Crippen LogP contribution in [0.15, 0.2) is 65.7 Å². The molecule has 1 atom stereocenters. The molecule has 32 heavy (non-hydrogen) atoms. The Kier molecular flexibility index (Phi) is 7.12. The van der Waals surface area contributed by atoms with Crippen molar-refractivity contribution in [2.24, 2.45) is 0 Å². The smallest absolute Gasteiger partial charge is 0.257 e. The molecule has 1 aliphatic rings. The summed E-state index contributed by atoms with van der Waals surface area (Å²) in [6, 6.07) is 15.6. The Morgan fingerprint density at radius 3 is 2.62 bits per heavy atom. The highest BCUT2D eigenvalue weighted by Crippen LogP contribution is 2.16. The van der Waals surface area contributed by atoms with Crippen LogP contribution in [0.4, 0.5) is 0 Å². The van der Waals surface area contributed by atoms with E-state index in [4.69, 9.17) is 4.74 Å². The Balaban J connectivity index is 1.68. The van der Waals surface area contributed by atoms with Gasteiger partial charge in [0.2, 0.25) is 0 Å². The first-order chi connectivity index (χ1) is 15.6. The third kappa shape index (κ3) is 5.32. The Labute approximate surface area is 188 Å². The summed E-state index contributed by atoms with van der Waals surface area (Å²) < 4.78 is 7.71. The second kappa shape index (κ2) is 10.4. The van der Waals surface area contributed by atoms with E-state index < -0.39 is 0 Å². The van der Waals surface area contributed by atoms with Gasteiger partial charge in [-0.1, -0.05) is 30.3 Å². The van der Waals surface area contributed by atoms with Crippen molar-refractivity contribution in [1.82, 2.24) is 14.9 Å². The normalized spacial score (nSPS) is 15.6. The number of aromatic nitrogens is 2. The zero-order chi connectivity index (χ0) is 22.3. The van der Waals surface area contributed by atoms with Crippen molar-refractivity contribution < 1.29 is 9.53 Å². The highest BCUT2D eigenvalue weighted by atomic mass is 16.5. The van der Waals surface area contributed by atoms with Gasteiger partial charge in [-0.2, -0.15) is 0 Å². The molecule has 1 N–H and O–H groups in total. The number of benzene rings is 1. The van der Waals surface area contributed by atoms with Crippen LogP contribution in [0.1, 0.15) is 45.7 Å². The Morgan fingerprint density at radius 2 is 1.91 bits per heavy atom. The predicted molar refractivity (Wildman–Crippen MR) is 124 cm³/mol. The van der Waals surface area contributed by atoms with Gasteiger partial charge in [-0.25, -0.2) is 0 Å². The predicted octanol–water partition coefficient (Wildman–Crippen LogP) is 3.29. The molecule has 6 heteroatoms. The summed E-state index contributed by atoms with van der Waals surface area (Å²) in [6.07, 6.45) is 6.81. The molecule has 0 saturated carbocycles. The van der Waals surface area contributed by atoms with E-state index >= 15 is 0 Å². The maximum Gasteiger partial charge on any atom is 0.257 e. The van der Waals surface area contributed by atoms with Gasteiger partial charge in [-0.3, -0.25) is 14.6 Å². The van der Waals surface area contributed by atoms with E-state index in [0.29, 0.717) is 19.5 Å². The molecule has 1 saturated heterocycles. The molecule has 0 bridgehead atoms. The highest BCUT2D eigenvalue weighted by Gasteiger charge is 2.22. The lowest BCUT2D eigenvalue weighted by Gasteiger charge is -2.21. The molecule has 0 spiro atoms. The van der Waals surface area contributed by atoms with Crippen LogP contribution < -0.4 is 10.7 Å². The van der Waals surface area contributed by atoms with Crippen LogP contribution >= 0.6 is 0 Å². The van der Waals surface area contributed by atoms with Crippen LogP contribution in [0.25, 0.3) is 0 Å². The summed E-state index contributed by atoms with van der Waals surface area (Å²) in [5.41, 5.74) is 3.84. The maximum atomic E-state index is 13.2. The average molecular weight is 432 g/mol. The van der Waals surface area contributed by atoms with Gasteiger partial charge in [-0.05, 0) is 55.9 Å². The monoisotopic (exact) mass is 431 g/mol. The summed E-state index contributed by atoms with van der Waals surface area (Å²) in [6.45, 7) is 3.65. The fourth-order valence-electron chi connectivity index (χ4n) is 4.23. The van der Waals surface area contributed by atoms with Crippen LogP contribution in [0.5, 0.6) is 0 Å². The minimum Gasteiger partial charge on any atom is -0.376 e. The number of aryl methyl sites for hydroxylation is 2. The molecule has 1 fully saturated rings.